The minimum Gasteiger partial charge on any atom is -0.496 e. The minimum absolute atomic E-state index is 0.106. The molecule has 0 radical (unpaired) electrons. The van der Waals surface area contributed by atoms with Crippen LogP contribution in [0.1, 0.15) is 26.3 Å². The number of alkyl carbamates (subject to hydrolysis) is 1. The summed E-state index contributed by atoms with van der Waals surface area (Å²) in [6.45, 7) is 5.17. The maximum absolute atomic E-state index is 12.0. The van der Waals surface area contributed by atoms with Crippen molar-refractivity contribution >= 4 is 29.4 Å². The number of halogens is 1. The fraction of sp³-hybridized carbons (Fsp3) is 0.500. The SMILES string of the molecule is COC(=O)[C@H](Cc1cc(Cl)c(N)cc1OC)NC(=O)OC(C)(C)C. The summed E-state index contributed by atoms with van der Waals surface area (Å²) in [5.41, 5.74) is 6.00. The molecule has 1 aromatic carbocycles. The van der Waals surface area contributed by atoms with Gasteiger partial charge in [0.1, 0.15) is 17.4 Å². The van der Waals surface area contributed by atoms with E-state index in [0.717, 1.165) is 0 Å². The van der Waals surface area contributed by atoms with Crippen molar-refractivity contribution in [3.63, 3.8) is 0 Å². The highest BCUT2D eigenvalue weighted by Gasteiger charge is 2.26. The monoisotopic (exact) mass is 358 g/mol. The van der Waals surface area contributed by atoms with Gasteiger partial charge >= 0.3 is 12.1 Å². The lowest BCUT2D eigenvalue weighted by atomic mass is 10.0. The first-order chi connectivity index (χ1) is 11.1. The number of carbonyl (C=O) groups is 2. The Bertz CT molecular complexity index is 613. The molecule has 1 aromatic rings. The van der Waals surface area contributed by atoms with Gasteiger partial charge in [0, 0.05) is 12.5 Å². The van der Waals surface area contributed by atoms with E-state index in [0.29, 0.717) is 22.0 Å². The lowest BCUT2D eigenvalue weighted by Crippen LogP contribution is -2.45. The molecule has 134 valence electrons. The molecule has 8 heteroatoms. The van der Waals surface area contributed by atoms with Crippen LogP contribution in [-0.2, 0) is 20.7 Å². The van der Waals surface area contributed by atoms with Crippen molar-refractivity contribution < 1.29 is 23.8 Å². The van der Waals surface area contributed by atoms with E-state index in [1.165, 1.54) is 14.2 Å². The molecule has 0 fully saturated rings. The van der Waals surface area contributed by atoms with Gasteiger partial charge in [0.2, 0.25) is 0 Å². The highest BCUT2D eigenvalue weighted by molar-refractivity contribution is 6.33. The second-order valence-corrected chi connectivity index (χ2v) is 6.52. The maximum atomic E-state index is 12.0. The number of hydrogen-bond donors (Lipinski definition) is 2. The molecule has 0 unspecified atom stereocenters. The topological polar surface area (TPSA) is 99.9 Å². The molecule has 0 aliphatic heterocycles. The zero-order valence-electron chi connectivity index (χ0n) is 14.4. The Balaban J connectivity index is 3.01. The summed E-state index contributed by atoms with van der Waals surface area (Å²) in [7, 11) is 2.71. The van der Waals surface area contributed by atoms with Gasteiger partial charge in [-0.15, -0.1) is 0 Å². The second kappa shape index (κ2) is 8.10. The molecule has 0 aromatic heterocycles. The highest BCUT2D eigenvalue weighted by Crippen LogP contribution is 2.29. The molecular formula is C16H23ClN2O5. The molecule has 7 nitrogen and oxygen atoms in total. The molecular weight excluding hydrogens is 336 g/mol. The third-order valence-electron chi connectivity index (χ3n) is 3.00. The Morgan fingerprint density at radius 1 is 1.29 bits per heavy atom. The molecule has 0 saturated heterocycles. The Labute approximate surface area is 146 Å². The maximum Gasteiger partial charge on any atom is 0.408 e. The van der Waals surface area contributed by atoms with Crippen LogP contribution >= 0.6 is 11.6 Å². The van der Waals surface area contributed by atoms with Gasteiger partial charge < -0.3 is 25.3 Å². The van der Waals surface area contributed by atoms with E-state index in [1.54, 1.807) is 32.9 Å². The number of nitrogen functional groups attached to an aromatic ring is 1. The van der Waals surface area contributed by atoms with E-state index < -0.39 is 23.7 Å². The Morgan fingerprint density at radius 3 is 2.42 bits per heavy atom. The third kappa shape index (κ3) is 5.81. The summed E-state index contributed by atoms with van der Waals surface area (Å²) in [6, 6.07) is 2.18. The van der Waals surface area contributed by atoms with Gasteiger partial charge in [-0.25, -0.2) is 9.59 Å². The van der Waals surface area contributed by atoms with Crippen LogP contribution in [0.4, 0.5) is 10.5 Å². The molecule has 0 heterocycles. The normalized spacial score (nSPS) is 12.2. The smallest absolute Gasteiger partial charge is 0.408 e. The number of rotatable bonds is 5. The average Bonchev–Trinajstić information content (AvgIpc) is 2.47. The van der Waals surface area contributed by atoms with Crippen molar-refractivity contribution in [2.24, 2.45) is 0 Å². The predicted molar refractivity (Wildman–Crippen MR) is 91.3 cm³/mol. The number of benzene rings is 1. The van der Waals surface area contributed by atoms with Crippen LogP contribution in [-0.4, -0.2) is 37.9 Å². The molecule has 1 amide bonds. The number of anilines is 1. The zero-order chi connectivity index (χ0) is 18.5. The van der Waals surface area contributed by atoms with Crippen LogP contribution in [0.2, 0.25) is 5.02 Å². The van der Waals surface area contributed by atoms with Crippen LogP contribution in [0.15, 0.2) is 12.1 Å². The second-order valence-electron chi connectivity index (χ2n) is 6.11. The van der Waals surface area contributed by atoms with Crippen LogP contribution in [0.5, 0.6) is 5.75 Å². The van der Waals surface area contributed by atoms with Gasteiger partial charge in [-0.3, -0.25) is 0 Å². The van der Waals surface area contributed by atoms with Crippen molar-refractivity contribution in [1.82, 2.24) is 5.32 Å². The standard InChI is InChI=1S/C16H23ClN2O5/c1-16(2,3)24-15(21)19-12(14(20)23-5)7-9-6-10(17)11(18)8-13(9)22-4/h6,8,12H,7,18H2,1-5H3,(H,19,21)/t12-/m0/s1. The van der Waals surface area contributed by atoms with E-state index in [2.05, 4.69) is 5.32 Å². The molecule has 0 spiro atoms. The van der Waals surface area contributed by atoms with Crippen molar-refractivity contribution in [3.05, 3.63) is 22.7 Å². The van der Waals surface area contributed by atoms with E-state index >= 15 is 0 Å². The van der Waals surface area contributed by atoms with E-state index in [9.17, 15) is 9.59 Å². The first-order valence-electron chi connectivity index (χ1n) is 7.26. The number of nitrogens with two attached hydrogens (primary N) is 1. The van der Waals surface area contributed by atoms with Crippen molar-refractivity contribution in [2.75, 3.05) is 20.0 Å². The summed E-state index contributed by atoms with van der Waals surface area (Å²) in [5, 5.41) is 2.82. The molecule has 0 aliphatic carbocycles. The lowest BCUT2D eigenvalue weighted by molar-refractivity contribution is -0.143. The van der Waals surface area contributed by atoms with Crippen LogP contribution in [0.3, 0.4) is 0 Å². The number of carbonyl (C=O) groups excluding carboxylic acids is 2. The lowest BCUT2D eigenvalue weighted by Gasteiger charge is -2.23. The zero-order valence-corrected chi connectivity index (χ0v) is 15.2. The van der Waals surface area contributed by atoms with Crippen molar-refractivity contribution in [3.8, 4) is 5.75 Å². The fourth-order valence-electron chi connectivity index (χ4n) is 1.97. The average molecular weight is 359 g/mol. The summed E-state index contributed by atoms with van der Waals surface area (Å²) in [5.74, 6) is -0.160. The summed E-state index contributed by atoms with van der Waals surface area (Å²) < 4.78 is 15.1. The quantitative estimate of drug-likeness (QED) is 0.619. The Hall–Kier alpha value is -2.15. The number of ether oxygens (including phenoxy) is 3. The van der Waals surface area contributed by atoms with Gasteiger partial charge in [-0.05, 0) is 32.4 Å². The predicted octanol–water partition coefficient (Wildman–Crippen LogP) is 2.54. The first kappa shape index (κ1) is 19.9. The molecule has 0 bridgehead atoms. The van der Waals surface area contributed by atoms with Crippen LogP contribution in [0, 0.1) is 0 Å². The summed E-state index contributed by atoms with van der Waals surface area (Å²) >= 11 is 6.02. The molecule has 0 saturated carbocycles. The number of hydrogen-bond acceptors (Lipinski definition) is 6. The molecule has 1 rings (SSSR count). The molecule has 3 N–H and O–H groups in total. The van der Waals surface area contributed by atoms with Gasteiger partial charge in [0.05, 0.1) is 24.9 Å². The fourth-order valence-corrected chi connectivity index (χ4v) is 2.15. The van der Waals surface area contributed by atoms with Gasteiger partial charge in [0.15, 0.2) is 0 Å². The molecule has 1 atom stereocenters. The highest BCUT2D eigenvalue weighted by atomic mass is 35.5. The van der Waals surface area contributed by atoms with Gasteiger partial charge in [-0.1, -0.05) is 11.6 Å². The van der Waals surface area contributed by atoms with Gasteiger partial charge in [-0.2, -0.15) is 0 Å². The number of methoxy groups -OCH3 is 2. The number of amides is 1. The largest absolute Gasteiger partial charge is 0.496 e. The summed E-state index contributed by atoms with van der Waals surface area (Å²) in [4.78, 5) is 23.9. The van der Waals surface area contributed by atoms with Crippen LogP contribution < -0.4 is 15.8 Å². The molecule has 0 aliphatic rings. The number of esters is 1. The minimum atomic E-state index is -0.960. The van der Waals surface area contributed by atoms with Gasteiger partial charge in [0.25, 0.3) is 0 Å². The third-order valence-corrected chi connectivity index (χ3v) is 3.33. The molecule has 24 heavy (non-hydrogen) atoms. The Kier molecular flexibility index (Phi) is 6.71. The van der Waals surface area contributed by atoms with Crippen LogP contribution in [0.25, 0.3) is 0 Å². The first-order valence-corrected chi connectivity index (χ1v) is 7.64. The van der Waals surface area contributed by atoms with E-state index in [-0.39, 0.29) is 6.42 Å². The Morgan fingerprint density at radius 2 is 1.92 bits per heavy atom. The number of nitrogens with one attached hydrogen (secondary N) is 1. The van der Waals surface area contributed by atoms with Crippen molar-refractivity contribution in [1.29, 1.82) is 0 Å². The summed E-state index contributed by atoms with van der Waals surface area (Å²) in [6.07, 6.45) is -0.617. The van der Waals surface area contributed by atoms with Crippen molar-refractivity contribution in [2.45, 2.75) is 38.8 Å². The van der Waals surface area contributed by atoms with E-state index in [1.807, 2.05) is 0 Å². The van der Waals surface area contributed by atoms with E-state index in [4.69, 9.17) is 31.5 Å².